The third kappa shape index (κ3) is 2.67. The molecule has 2 heterocycles. The summed E-state index contributed by atoms with van der Waals surface area (Å²) in [5, 5.41) is 8.98. The fraction of sp³-hybridized carbons (Fsp3) is 0.250. The summed E-state index contributed by atoms with van der Waals surface area (Å²) in [6.45, 7) is 2.54. The minimum atomic E-state index is -1.21. The fourth-order valence-corrected chi connectivity index (χ4v) is 2.59. The first-order valence-electron chi connectivity index (χ1n) is 6.72. The smallest absolute Gasteiger partial charge is 0.341 e. The van der Waals surface area contributed by atoms with Gasteiger partial charge in [0.05, 0.1) is 6.54 Å². The highest BCUT2D eigenvalue weighted by atomic mass is 16.5. The number of hydrogen-bond donors (Lipinski definition) is 1. The van der Waals surface area contributed by atoms with E-state index in [1.54, 1.807) is 10.8 Å². The van der Waals surface area contributed by atoms with Crippen LogP contribution in [-0.4, -0.2) is 21.7 Å². The largest absolute Gasteiger partial charge is 0.488 e. The van der Waals surface area contributed by atoms with Crippen molar-refractivity contribution in [1.29, 1.82) is 0 Å². The van der Waals surface area contributed by atoms with Gasteiger partial charge in [-0.3, -0.25) is 4.79 Å². The molecule has 3 rings (SSSR count). The van der Waals surface area contributed by atoms with Crippen molar-refractivity contribution in [2.24, 2.45) is 0 Å². The molecule has 0 aliphatic carbocycles. The molecule has 0 fully saturated rings. The van der Waals surface area contributed by atoms with Crippen LogP contribution >= 0.6 is 0 Å². The zero-order chi connectivity index (χ0) is 15.0. The number of hydrogen-bond acceptors (Lipinski definition) is 3. The Morgan fingerprint density at radius 2 is 2.24 bits per heavy atom. The zero-order valence-electron chi connectivity index (χ0n) is 11.6. The Hall–Kier alpha value is -2.56. The molecule has 1 unspecified atom stereocenters. The Balaban J connectivity index is 1.79. The maximum absolute atomic E-state index is 11.4. The molecule has 1 aliphatic heterocycles. The molecular weight excluding hydrogens is 270 g/mol. The van der Waals surface area contributed by atoms with Gasteiger partial charge >= 0.3 is 5.97 Å². The molecule has 1 N–H and O–H groups in total. The Morgan fingerprint density at radius 3 is 3.00 bits per heavy atom. The van der Waals surface area contributed by atoms with Gasteiger partial charge in [0.15, 0.2) is 5.43 Å². The number of carboxylic acid groups (broad SMARTS) is 1. The predicted octanol–water partition coefficient (Wildman–Crippen LogP) is 1.86. The molecule has 5 heteroatoms. The Bertz CT molecular complexity index is 763. The zero-order valence-corrected chi connectivity index (χ0v) is 11.6. The van der Waals surface area contributed by atoms with Crippen molar-refractivity contribution in [3.8, 4) is 5.75 Å². The molecule has 0 bridgehead atoms. The predicted molar refractivity (Wildman–Crippen MR) is 77.0 cm³/mol. The van der Waals surface area contributed by atoms with E-state index in [1.807, 2.05) is 19.1 Å². The summed E-state index contributed by atoms with van der Waals surface area (Å²) in [6, 6.07) is 7.33. The van der Waals surface area contributed by atoms with Gasteiger partial charge < -0.3 is 14.4 Å². The van der Waals surface area contributed by atoms with Crippen molar-refractivity contribution in [3.05, 3.63) is 63.6 Å². The van der Waals surface area contributed by atoms with Gasteiger partial charge in [0.1, 0.15) is 17.4 Å². The van der Waals surface area contributed by atoms with E-state index in [4.69, 9.17) is 9.84 Å². The van der Waals surface area contributed by atoms with E-state index in [9.17, 15) is 9.59 Å². The topological polar surface area (TPSA) is 68.5 Å². The number of carbonyl (C=O) groups is 1. The lowest BCUT2D eigenvalue weighted by Crippen LogP contribution is -2.23. The van der Waals surface area contributed by atoms with Crippen LogP contribution in [0.3, 0.4) is 0 Å². The highest BCUT2D eigenvalue weighted by Crippen LogP contribution is 2.29. The van der Waals surface area contributed by atoms with Crippen molar-refractivity contribution < 1.29 is 14.6 Å². The van der Waals surface area contributed by atoms with Gasteiger partial charge in [-0.2, -0.15) is 0 Å². The lowest BCUT2D eigenvalue weighted by Gasteiger charge is -2.13. The number of benzene rings is 1. The van der Waals surface area contributed by atoms with Crippen molar-refractivity contribution in [1.82, 2.24) is 4.57 Å². The first kappa shape index (κ1) is 13.4. The second-order valence-corrected chi connectivity index (χ2v) is 5.28. The number of aromatic nitrogens is 1. The van der Waals surface area contributed by atoms with Crippen LogP contribution in [0.1, 0.15) is 21.5 Å². The molecule has 2 aromatic rings. The van der Waals surface area contributed by atoms with Gasteiger partial charge in [0.2, 0.25) is 0 Å². The Labute approximate surface area is 121 Å². The Kier molecular flexibility index (Phi) is 3.25. The van der Waals surface area contributed by atoms with E-state index in [-0.39, 0.29) is 11.7 Å². The van der Waals surface area contributed by atoms with E-state index >= 15 is 0 Å². The highest BCUT2D eigenvalue weighted by Gasteiger charge is 2.23. The van der Waals surface area contributed by atoms with Crippen LogP contribution in [-0.2, 0) is 13.0 Å². The quantitative estimate of drug-likeness (QED) is 0.934. The third-order valence-electron chi connectivity index (χ3n) is 3.58. The summed E-state index contributed by atoms with van der Waals surface area (Å²) < 4.78 is 7.54. The van der Waals surface area contributed by atoms with Crippen LogP contribution in [0.25, 0.3) is 0 Å². The van der Waals surface area contributed by atoms with Crippen LogP contribution in [0.5, 0.6) is 5.75 Å². The number of ether oxygens (including phenoxy) is 1. The second-order valence-electron chi connectivity index (χ2n) is 5.28. The van der Waals surface area contributed by atoms with Crippen LogP contribution < -0.4 is 10.2 Å². The normalized spacial score (nSPS) is 16.3. The van der Waals surface area contributed by atoms with Gasteiger partial charge in [0.25, 0.3) is 0 Å². The number of nitrogens with zero attached hydrogens (tertiary/aromatic N) is 1. The molecule has 108 valence electrons. The van der Waals surface area contributed by atoms with Crippen molar-refractivity contribution in [2.45, 2.75) is 26.0 Å². The van der Waals surface area contributed by atoms with Crippen LogP contribution in [0, 0.1) is 6.92 Å². The van der Waals surface area contributed by atoms with Gasteiger partial charge in [-0.05, 0) is 18.6 Å². The van der Waals surface area contributed by atoms with Gasteiger partial charge in [-0.1, -0.05) is 17.7 Å². The van der Waals surface area contributed by atoms with Crippen molar-refractivity contribution in [3.63, 3.8) is 0 Å². The number of rotatable bonds is 3. The first-order valence-corrected chi connectivity index (χ1v) is 6.72. The number of pyridine rings is 1. The monoisotopic (exact) mass is 285 g/mol. The summed E-state index contributed by atoms with van der Waals surface area (Å²) >= 11 is 0. The van der Waals surface area contributed by atoms with E-state index in [1.165, 1.54) is 23.4 Å². The number of fused-ring (bicyclic) bond motifs is 1. The molecule has 0 saturated carbocycles. The van der Waals surface area contributed by atoms with Crippen LogP contribution in [0.15, 0.2) is 41.5 Å². The summed E-state index contributed by atoms with van der Waals surface area (Å²) in [5.41, 5.74) is 1.66. The first-order chi connectivity index (χ1) is 10.0. The average Bonchev–Trinajstić information content (AvgIpc) is 2.82. The molecule has 0 radical (unpaired) electrons. The molecule has 0 spiro atoms. The average molecular weight is 285 g/mol. The van der Waals surface area contributed by atoms with Crippen molar-refractivity contribution >= 4 is 5.97 Å². The third-order valence-corrected chi connectivity index (χ3v) is 3.58. The van der Waals surface area contributed by atoms with E-state index in [0.29, 0.717) is 6.54 Å². The highest BCUT2D eigenvalue weighted by molar-refractivity contribution is 5.86. The number of aromatic carboxylic acids is 1. The standard InChI is InChI=1S/C16H15NO4/c1-10-2-3-15-11(6-10)7-12(21-15)8-17-5-4-14(18)13(9-17)16(19)20/h2-6,9,12H,7-8H2,1H3,(H,19,20). The molecule has 0 amide bonds. The maximum Gasteiger partial charge on any atom is 0.341 e. The molecule has 1 aromatic carbocycles. The van der Waals surface area contributed by atoms with E-state index in [0.717, 1.165) is 12.2 Å². The minimum absolute atomic E-state index is 0.0500. The summed E-state index contributed by atoms with van der Waals surface area (Å²) in [5.74, 6) is -0.328. The van der Waals surface area contributed by atoms with Crippen molar-refractivity contribution in [2.75, 3.05) is 0 Å². The molecule has 0 saturated heterocycles. The SMILES string of the molecule is Cc1ccc2c(c1)CC(Cn1ccc(=O)c(C(=O)O)c1)O2. The molecular formula is C16H15NO4. The number of carboxylic acids is 1. The maximum atomic E-state index is 11.4. The van der Waals surface area contributed by atoms with E-state index < -0.39 is 11.4 Å². The minimum Gasteiger partial charge on any atom is -0.488 e. The Morgan fingerprint density at radius 1 is 1.43 bits per heavy atom. The fourth-order valence-electron chi connectivity index (χ4n) is 2.59. The van der Waals surface area contributed by atoms with E-state index in [2.05, 4.69) is 6.07 Å². The molecule has 5 nitrogen and oxygen atoms in total. The summed E-state index contributed by atoms with van der Waals surface area (Å²) in [4.78, 5) is 22.4. The van der Waals surface area contributed by atoms with Gasteiger partial charge in [0, 0.05) is 24.9 Å². The van der Waals surface area contributed by atoms with Gasteiger partial charge in [-0.15, -0.1) is 0 Å². The number of aryl methyl sites for hydroxylation is 1. The van der Waals surface area contributed by atoms with Gasteiger partial charge in [-0.25, -0.2) is 4.79 Å². The van der Waals surface area contributed by atoms with Crippen LogP contribution in [0.2, 0.25) is 0 Å². The summed E-state index contributed by atoms with van der Waals surface area (Å²) in [6.07, 6.45) is 3.69. The molecule has 1 atom stereocenters. The lowest BCUT2D eigenvalue weighted by molar-refractivity contribution is 0.0694. The summed E-state index contributed by atoms with van der Waals surface area (Å²) in [7, 11) is 0. The van der Waals surface area contributed by atoms with Crippen LogP contribution in [0.4, 0.5) is 0 Å². The molecule has 21 heavy (non-hydrogen) atoms. The molecule has 1 aliphatic rings. The molecule has 1 aromatic heterocycles. The second kappa shape index (κ2) is 5.09. The lowest BCUT2D eigenvalue weighted by atomic mass is 10.1.